The molecule has 294 valence electrons. The van der Waals surface area contributed by atoms with E-state index in [-0.39, 0.29) is 0 Å². The van der Waals surface area contributed by atoms with Gasteiger partial charge in [-0.05, 0) is 125 Å². The summed E-state index contributed by atoms with van der Waals surface area (Å²) in [6, 6.07) is 53.6. The predicted octanol–water partition coefficient (Wildman–Crippen LogP) is 10.9. The second kappa shape index (κ2) is 15.4. The first kappa shape index (κ1) is 39.2. The fraction of sp³-hybridized carbons (Fsp3) is 0.154. The number of rotatable bonds is 8. The molecule has 3 heterocycles. The maximum absolute atomic E-state index is 8.91. The maximum Gasteiger partial charge on any atom is 0.249 e. The second-order valence-electron chi connectivity index (χ2n) is 16.0. The summed E-state index contributed by atoms with van der Waals surface area (Å²) < 4.78 is 20.1. The number of benzene rings is 6. The smallest absolute Gasteiger partial charge is 0.249 e. The largest absolute Gasteiger partial charge is 0.497 e. The first-order valence-corrected chi connectivity index (χ1v) is 23.5. The Morgan fingerprint density at radius 2 is 0.881 bits per heavy atom. The standard InChI is InChI=1S/C52H48BO3PS2/c1-33-27-35(3)49(36(4)28-33)53(50-37(5)29-34(2)30-38(50)6)45-31-47(39-19-23-41(54-7)24-20-39)58-51(45)52-46(32-48(59-52)40-21-25-42(55-8)26-22-40)57(56-53,43-15-11-9-12-16-43)44-17-13-10-14-18-44/h9-32H,1-8H3. The quantitative estimate of drug-likeness (QED) is 0.113. The summed E-state index contributed by atoms with van der Waals surface area (Å²) in [4.78, 5) is 4.94. The van der Waals surface area contributed by atoms with Crippen molar-refractivity contribution in [3.8, 4) is 42.1 Å². The van der Waals surface area contributed by atoms with Crippen molar-refractivity contribution in [3.05, 3.63) is 179 Å². The van der Waals surface area contributed by atoms with Crippen molar-refractivity contribution < 1.29 is 13.9 Å². The molecule has 0 amide bonds. The van der Waals surface area contributed by atoms with E-state index in [0.29, 0.717) is 0 Å². The monoisotopic (exact) mass is 826 g/mol. The SMILES string of the molecule is COc1ccc(-c2cc3c(s2)-c2sc(-c4ccc(OC)cc4)cc2[P+](c2ccccc2)(c2ccccc2)O[B-]3(c2c(C)cc(C)cc2C)c2c(C)cc(C)cc2C)cc1. The van der Waals surface area contributed by atoms with Gasteiger partial charge in [0.25, 0.3) is 0 Å². The van der Waals surface area contributed by atoms with Crippen molar-refractivity contribution in [2.75, 3.05) is 14.2 Å². The molecule has 0 saturated heterocycles. The van der Waals surface area contributed by atoms with Gasteiger partial charge in [0.1, 0.15) is 27.4 Å². The van der Waals surface area contributed by atoms with Gasteiger partial charge in [-0.15, -0.1) is 28.1 Å². The highest BCUT2D eigenvalue weighted by atomic mass is 32.1. The number of aryl methyl sites for hydroxylation is 6. The topological polar surface area (TPSA) is 27.7 Å². The van der Waals surface area contributed by atoms with Crippen LogP contribution in [0.5, 0.6) is 11.5 Å². The summed E-state index contributed by atoms with van der Waals surface area (Å²) >= 11 is 3.77. The molecule has 0 bridgehead atoms. The lowest BCUT2D eigenvalue weighted by atomic mass is 9.26. The van der Waals surface area contributed by atoms with Crippen molar-refractivity contribution in [3.63, 3.8) is 0 Å². The number of hydrogen-bond acceptors (Lipinski definition) is 5. The highest BCUT2D eigenvalue weighted by Gasteiger charge is 2.57. The number of fused-ring (bicyclic) bond motifs is 3. The van der Waals surface area contributed by atoms with E-state index in [9.17, 15) is 0 Å². The summed E-state index contributed by atoms with van der Waals surface area (Å²) in [7, 11) is 0.504. The fourth-order valence-corrected chi connectivity index (χ4v) is 16.9. The summed E-state index contributed by atoms with van der Waals surface area (Å²) in [5.74, 6) is 1.69. The van der Waals surface area contributed by atoms with E-state index in [1.807, 2.05) is 22.7 Å². The number of ether oxygens (including phenoxy) is 2. The minimum absolute atomic E-state index is 0.843. The molecular formula is C52H48BO3PS2. The van der Waals surface area contributed by atoms with Crippen LogP contribution in [0, 0.1) is 41.5 Å². The van der Waals surface area contributed by atoms with E-state index in [4.69, 9.17) is 13.9 Å². The van der Waals surface area contributed by atoms with Gasteiger partial charge in [-0.25, -0.2) is 0 Å². The van der Waals surface area contributed by atoms with Gasteiger partial charge in [0, 0.05) is 20.7 Å². The third-order valence-electron chi connectivity index (χ3n) is 12.1. The van der Waals surface area contributed by atoms with Gasteiger partial charge in [-0.2, -0.15) is 10.9 Å². The van der Waals surface area contributed by atoms with E-state index in [1.54, 1.807) is 14.2 Å². The molecule has 1 aliphatic heterocycles. The molecule has 8 aromatic rings. The number of thiophene rings is 2. The lowest BCUT2D eigenvalue weighted by Gasteiger charge is -2.48. The maximum atomic E-state index is 8.91. The van der Waals surface area contributed by atoms with E-state index in [1.165, 1.54) is 85.2 Å². The molecule has 0 aliphatic carbocycles. The van der Waals surface area contributed by atoms with E-state index in [0.717, 1.165) is 22.6 Å². The van der Waals surface area contributed by atoms with Crippen LogP contribution in [0.25, 0.3) is 30.6 Å². The van der Waals surface area contributed by atoms with Gasteiger partial charge in [0.15, 0.2) is 7.49 Å². The van der Waals surface area contributed by atoms with Crippen LogP contribution in [0.4, 0.5) is 0 Å². The van der Waals surface area contributed by atoms with Crippen LogP contribution in [0.3, 0.4) is 0 Å². The Kier molecular flexibility index (Phi) is 10.3. The Morgan fingerprint density at radius 3 is 1.31 bits per heavy atom. The first-order valence-electron chi connectivity index (χ1n) is 20.2. The lowest BCUT2D eigenvalue weighted by Crippen LogP contribution is -2.72. The average molecular weight is 827 g/mol. The summed E-state index contributed by atoms with van der Waals surface area (Å²) in [6.07, 6.45) is -2.14. The van der Waals surface area contributed by atoms with Gasteiger partial charge in [0.2, 0.25) is 6.35 Å². The van der Waals surface area contributed by atoms with Crippen molar-refractivity contribution in [1.82, 2.24) is 0 Å². The predicted molar refractivity (Wildman–Crippen MR) is 257 cm³/mol. The highest BCUT2D eigenvalue weighted by molar-refractivity contribution is 7.93. The van der Waals surface area contributed by atoms with Crippen LogP contribution >= 0.6 is 30.2 Å². The summed E-state index contributed by atoms with van der Waals surface area (Å²) in [6.45, 7) is 13.6. The minimum Gasteiger partial charge on any atom is -0.497 e. The third-order valence-corrected chi connectivity index (χ3v) is 18.5. The Balaban J connectivity index is 1.52. The fourth-order valence-electron chi connectivity index (χ4n) is 9.86. The molecule has 9 rings (SSSR count). The van der Waals surface area contributed by atoms with Gasteiger partial charge < -0.3 is 13.9 Å². The Morgan fingerprint density at radius 1 is 0.475 bits per heavy atom. The molecule has 0 atom stereocenters. The molecule has 0 fully saturated rings. The van der Waals surface area contributed by atoms with E-state index in [2.05, 4.69) is 187 Å². The first-order chi connectivity index (χ1) is 28.6. The molecule has 1 aliphatic rings. The Hall–Kier alpha value is -5.23. The van der Waals surface area contributed by atoms with E-state index >= 15 is 0 Å². The lowest BCUT2D eigenvalue weighted by molar-refractivity contribution is 0.415. The molecule has 6 aromatic carbocycles. The van der Waals surface area contributed by atoms with Crippen molar-refractivity contribution in [2.24, 2.45) is 0 Å². The molecule has 59 heavy (non-hydrogen) atoms. The van der Waals surface area contributed by atoms with Gasteiger partial charge in [0.05, 0.1) is 19.1 Å². The van der Waals surface area contributed by atoms with E-state index < -0.39 is 13.8 Å². The van der Waals surface area contributed by atoms with Crippen molar-refractivity contribution >= 4 is 68.8 Å². The molecule has 0 unspecified atom stereocenters. The van der Waals surface area contributed by atoms with Gasteiger partial charge >= 0.3 is 0 Å². The Labute approximate surface area is 357 Å². The zero-order valence-corrected chi connectivity index (χ0v) is 37.4. The van der Waals surface area contributed by atoms with Crippen LogP contribution in [-0.4, -0.2) is 20.6 Å². The van der Waals surface area contributed by atoms with Crippen LogP contribution in [-0.2, 0) is 4.44 Å². The molecule has 0 N–H and O–H groups in total. The molecule has 0 spiro atoms. The molecule has 2 aromatic heterocycles. The average Bonchev–Trinajstić information content (AvgIpc) is 3.87. The highest BCUT2D eigenvalue weighted by Crippen LogP contribution is 2.64. The van der Waals surface area contributed by atoms with Crippen molar-refractivity contribution in [2.45, 2.75) is 41.5 Å². The van der Waals surface area contributed by atoms with Gasteiger partial charge in [-0.1, -0.05) is 100 Å². The van der Waals surface area contributed by atoms with Gasteiger partial charge in [-0.3, -0.25) is 0 Å². The number of methoxy groups -OCH3 is 2. The third kappa shape index (κ3) is 6.49. The van der Waals surface area contributed by atoms with Crippen LogP contribution < -0.4 is 41.8 Å². The van der Waals surface area contributed by atoms with Crippen LogP contribution in [0.1, 0.15) is 33.4 Å². The van der Waals surface area contributed by atoms with Crippen LogP contribution in [0.2, 0.25) is 0 Å². The molecule has 0 radical (unpaired) electrons. The summed E-state index contributed by atoms with van der Waals surface area (Å²) in [5, 5.41) is 3.66. The molecule has 0 saturated carbocycles. The van der Waals surface area contributed by atoms with Crippen LogP contribution in [0.15, 0.2) is 146 Å². The van der Waals surface area contributed by atoms with Crippen molar-refractivity contribution in [1.29, 1.82) is 0 Å². The number of hydrogen-bond donors (Lipinski definition) is 0. The Bertz CT molecular complexity index is 2680. The molecule has 3 nitrogen and oxygen atoms in total. The zero-order chi connectivity index (χ0) is 41.1. The molecule has 7 heteroatoms. The second-order valence-corrected chi connectivity index (χ2v) is 21.0. The summed E-state index contributed by atoms with van der Waals surface area (Å²) in [5.41, 5.74) is 13.6. The molecular weight excluding hydrogens is 778 g/mol. The minimum atomic E-state index is -2.94. The zero-order valence-electron chi connectivity index (χ0n) is 34.9. The normalized spacial score (nSPS) is 14.0.